The van der Waals surface area contributed by atoms with Crippen LogP contribution in [0.2, 0.25) is 0 Å². The molecule has 1 rings (SSSR count). The van der Waals surface area contributed by atoms with Gasteiger partial charge in [-0.3, -0.25) is 4.79 Å². The summed E-state index contributed by atoms with van der Waals surface area (Å²) in [5, 5.41) is 0. The minimum absolute atomic E-state index is 0.0232. The van der Waals surface area contributed by atoms with E-state index in [2.05, 4.69) is 0 Å². The molecule has 5 nitrogen and oxygen atoms in total. The highest BCUT2D eigenvalue weighted by Gasteiger charge is 2.18. The van der Waals surface area contributed by atoms with E-state index in [1.165, 1.54) is 0 Å². The number of ether oxygens (including phenoxy) is 2. The van der Waals surface area contributed by atoms with Gasteiger partial charge in [0.15, 0.2) is 9.84 Å². The van der Waals surface area contributed by atoms with Crippen LogP contribution < -0.4 is 0 Å². The average Bonchev–Trinajstić information content (AvgIpc) is 2.34. The number of sulfone groups is 1. The maximum absolute atomic E-state index is 11.6. The highest BCUT2D eigenvalue weighted by atomic mass is 32.2. The molecule has 1 saturated heterocycles. The van der Waals surface area contributed by atoms with Gasteiger partial charge in [0.1, 0.15) is 6.61 Å². The molecule has 112 valence electrons. The van der Waals surface area contributed by atoms with Crippen LogP contribution >= 0.6 is 0 Å². The van der Waals surface area contributed by atoms with Gasteiger partial charge in [-0.2, -0.15) is 0 Å². The van der Waals surface area contributed by atoms with Crippen molar-refractivity contribution in [2.24, 2.45) is 5.92 Å². The van der Waals surface area contributed by atoms with Gasteiger partial charge >= 0.3 is 5.97 Å². The van der Waals surface area contributed by atoms with Gasteiger partial charge in [0.25, 0.3) is 0 Å². The largest absolute Gasteiger partial charge is 0.463 e. The Morgan fingerprint density at radius 3 is 2.68 bits per heavy atom. The van der Waals surface area contributed by atoms with Crippen LogP contribution in [0.3, 0.4) is 0 Å². The molecule has 0 saturated carbocycles. The second kappa shape index (κ2) is 7.85. The van der Waals surface area contributed by atoms with E-state index in [4.69, 9.17) is 9.47 Å². The van der Waals surface area contributed by atoms with E-state index in [9.17, 15) is 13.2 Å². The summed E-state index contributed by atoms with van der Waals surface area (Å²) in [5.74, 6) is -0.389. The Kier molecular flexibility index (Phi) is 6.79. The molecule has 1 fully saturated rings. The van der Waals surface area contributed by atoms with Crippen LogP contribution in [0.4, 0.5) is 0 Å². The maximum atomic E-state index is 11.6. The summed E-state index contributed by atoms with van der Waals surface area (Å²) in [7, 11) is -3.15. The standard InChI is InChI=1S/C13H24O5S/c1-11(2)10-19(15,16)8-6-13(14)18-9-12-5-3-4-7-17-12/h11-12H,3-10H2,1-2H3. The molecule has 0 aromatic heterocycles. The molecule has 1 aliphatic heterocycles. The van der Waals surface area contributed by atoms with Crippen LogP contribution in [0.15, 0.2) is 0 Å². The Morgan fingerprint density at radius 1 is 1.37 bits per heavy atom. The fraction of sp³-hybridized carbons (Fsp3) is 0.923. The SMILES string of the molecule is CC(C)CS(=O)(=O)CCC(=O)OCC1CCCCO1. The average molecular weight is 292 g/mol. The minimum Gasteiger partial charge on any atom is -0.463 e. The van der Waals surface area contributed by atoms with E-state index in [-0.39, 0.29) is 36.6 Å². The van der Waals surface area contributed by atoms with Gasteiger partial charge in [0.2, 0.25) is 0 Å². The summed E-state index contributed by atoms with van der Waals surface area (Å²) >= 11 is 0. The molecule has 0 aromatic carbocycles. The van der Waals surface area contributed by atoms with Crippen LogP contribution in [0, 0.1) is 5.92 Å². The van der Waals surface area contributed by atoms with Crippen molar-refractivity contribution >= 4 is 15.8 Å². The molecule has 0 amide bonds. The molecule has 0 aliphatic carbocycles. The summed E-state index contributed by atoms with van der Waals surface area (Å²) in [6.45, 7) is 4.64. The van der Waals surface area contributed by atoms with Crippen LogP contribution in [-0.4, -0.2) is 45.2 Å². The monoisotopic (exact) mass is 292 g/mol. The lowest BCUT2D eigenvalue weighted by atomic mass is 10.1. The predicted molar refractivity (Wildman–Crippen MR) is 72.7 cm³/mol. The highest BCUT2D eigenvalue weighted by molar-refractivity contribution is 7.91. The molecule has 1 aliphatic rings. The van der Waals surface area contributed by atoms with Gasteiger partial charge in [0, 0.05) is 6.61 Å². The second-order valence-corrected chi connectivity index (χ2v) is 7.66. The third kappa shape index (κ3) is 7.52. The fourth-order valence-corrected chi connectivity index (χ4v) is 3.69. The Bertz CT molecular complexity index is 368. The van der Waals surface area contributed by atoms with Crippen molar-refractivity contribution in [1.82, 2.24) is 0 Å². The molecule has 0 radical (unpaired) electrons. The zero-order chi connectivity index (χ0) is 14.3. The zero-order valence-corrected chi connectivity index (χ0v) is 12.6. The summed E-state index contributed by atoms with van der Waals surface area (Å²) in [6, 6.07) is 0. The molecule has 0 spiro atoms. The number of hydrogen-bond donors (Lipinski definition) is 0. The van der Waals surface area contributed by atoms with Gasteiger partial charge in [-0.25, -0.2) is 8.42 Å². The third-order valence-corrected chi connectivity index (χ3v) is 4.91. The van der Waals surface area contributed by atoms with E-state index < -0.39 is 15.8 Å². The number of carbonyl (C=O) groups is 1. The lowest BCUT2D eigenvalue weighted by Crippen LogP contribution is -2.26. The Labute approximate surface area is 115 Å². The predicted octanol–water partition coefficient (Wildman–Crippen LogP) is 1.56. The first kappa shape index (κ1) is 16.4. The minimum atomic E-state index is -3.15. The topological polar surface area (TPSA) is 69.7 Å². The van der Waals surface area contributed by atoms with E-state index >= 15 is 0 Å². The highest BCUT2D eigenvalue weighted by Crippen LogP contribution is 2.13. The van der Waals surface area contributed by atoms with Gasteiger partial charge in [-0.1, -0.05) is 13.8 Å². The Morgan fingerprint density at radius 2 is 2.11 bits per heavy atom. The fourth-order valence-electron chi connectivity index (χ4n) is 2.03. The van der Waals surface area contributed by atoms with Crippen molar-refractivity contribution in [3.05, 3.63) is 0 Å². The number of hydrogen-bond acceptors (Lipinski definition) is 5. The Hall–Kier alpha value is -0.620. The summed E-state index contributed by atoms with van der Waals surface area (Å²) in [4.78, 5) is 11.5. The first-order valence-corrected chi connectivity index (χ1v) is 8.69. The molecule has 1 atom stereocenters. The van der Waals surface area contributed by atoms with Gasteiger partial charge in [-0.05, 0) is 25.2 Å². The van der Waals surface area contributed by atoms with Crippen molar-refractivity contribution in [1.29, 1.82) is 0 Å². The van der Waals surface area contributed by atoms with E-state index in [1.807, 2.05) is 13.8 Å². The molecular formula is C13H24O5S. The van der Waals surface area contributed by atoms with Gasteiger partial charge in [0.05, 0.1) is 24.0 Å². The quantitative estimate of drug-likeness (QED) is 0.666. The van der Waals surface area contributed by atoms with E-state index in [1.54, 1.807) is 0 Å². The summed E-state index contributed by atoms with van der Waals surface area (Å²) in [6.07, 6.45) is 2.95. The first-order valence-electron chi connectivity index (χ1n) is 6.86. The molecule has 1 heterocycles. The van der Waals surface area contributed by atoms with Crippen LogP contribution in [0.5, 0.6) is 0 Å². The normalized spacial score (nSPS) is 20.5. The van der Waals surface area contributed by atoms with Crippen LogP contribution in [0.1, 0.15) is 39.5 Å². The maximum Gasteiger partial charge on any atom is 0.306 e. The van der Waals surface area contributed by atoms with E-state index in [0.717, 1.165) is 19.3 Å². The summed E-state index contributed by atoms with van der Waals surface area (Å²) < 4.78 is 33.7. The van der Waals surface area contributed by atoms with Crippen molar-refractivity contribution in [3.63, 3.8) is 0 Å². The van der Waals surface area contributed by atoms with Crippen molar-refractivity contribution in [2.75, 3.05) is 24.7 Å². The molecule has 6 heteroatoms. The second-order valence-electron chi connectivity index (χ2n) is 5.43. The number of rotatable bonds is 7. The van der Waals surface area contributed by atoms with Gasteiger partial charge in [-0.15, -0.1) is 0 Å². The molecule has 0 bridgehead atoms. The third-order valence-electron chi connectivity index (χ3n) is 2.91. The van der Waals surface area contributed by atoms with Crippen molar-refractivity contribution < 1.29 is 22.7 Å². The van der Waals surface area contributed by atoms with Gasteiger partial charge < -0.3 is 9.47 Å². The zero-order valence-electron chi connectivity index (χ0n) is 11.8. The molecule has 1 unspecified atom stereocenters. The van der Waals surface area contributed by atoms with E-state index in [0.29, 0.717) is 6.61 Å². The lowest BCUT2D eigenvalue weighted by Gasteiger charge is -2.22. The van der Waals surface area contributed by atoms with Crippen LogP contribution in [0.25, 0.3) is 0 Å². The number of esters is 1. The van der Waals surface area contributed by atoms with Crippen molar-refractivity contribution in [2.45, 2.75) is 45.6 Å². The first-order chi connectivity index (χ1) is 8.89. The number of carbonyl (C=O) groups excluding carboxylic acids is 1. The molecule has 0 N–H and O–H groups in total. The summed E-state index contributed by atoms with van der Waals surface area (Å²) in [5.41, 5.74) is 0. The van der Waals surface area contributed by atoms with Crippen molar-refractivity contribution in [3.8, 4) is 0 Å². The Balaban J connectivity index is 2.20. The molecular weight excluding hydrogens is 268 g/mol. The molecule has 19 heavy (non-hydrogen) atoms. The smallest absolute Gasteiger partial charge is 0.306 e. The molecule has 0 aromatic rings. The lowest BCUT2D eigenvalue weighted by molar-refractivity contribution is -0.148. The van der Waals surface area contributed by atoms with Crippen LogP contribution in [-0.2, 0) is 24.1 Å².